The average molecular weight is 280 g/mol. The molecule has 0 unspecified atom stereocenters. The van der Waals surface area contributed by atoms with Gasteiger partial charge in [-0.15, -0.1) is 0 Å². The summed E-state index contributed by atoms with van der Waals surface area (Å²) in [4.78, 5) is 11.0. The molecular formula is C8H5ClF3N5O. The van der Waals surface area contributed by atoms with Gasteiger partial charge >= 0.3 is 12.2 Å². The minimum atomic E-state index is -4.49. The summed E-state index contributed by atoms with van der Waals surface area (Å²) in [6.45, 7) is 0. The second-order valence-corrected chi connectivity index (χ2v) is 3.40. The van der Waals surface area contributed by atoms with Gasteiger partial charge in [0.2, 0.25) is 5.28 Å². The van der Waals surface area contributed by atoms with E-state index in [0.29, 0.717) is 6.20 Å². The average Bonchev–Trinajstić information content (AvgIpc) is 2.77. The molecule has 0 aliphatic heterocycles. The van der Waals surface area contributed by atoms with Crippen LogP contribution >= 0.6 is 11.6 Å². The standard InChI is InChI=1S/C8H5ClF3N5O/c1-18-7-15-5(9)14-6(16-7)17-3-4(2-13-17)8(10,11)12/h2-3H,1H3. The van der Waals surface area contributed by atoms with Crippen LogP contribution in [0, 0.1) is 0 Å². The lowest BCUT2D eigenvalue weighted by atomic mass is 10.4. The molecule has 0 saturated heterocycles. The Labute approximate surface area is 103 Å². The van der Waals surface area contributed by atoms with E-state index in [4.69, 9.17) is 16.3 Å². The Bertz CT molecular complexity index is 570. The van der Waals surface area contributed by atoms with E-state index >= 15 is 0 Å². The fraction of sp³-hybridized carbons (Fsp3) is 0.250. The molecule has 96 valence electrons. The van der Waals surface area contributed by atoms with E-state index < -0.39 is 11.7 Å². The van der Waals surface area contributed by atoms with Crippen molar-refractivity contribution in [1.82, 2.24) is 24.7 Å². The summed E-state index contributed by atoms with van der Waals surface area (Å²) in [5.41, 5.74) is -0.919. The zero-order valence-electron chi connectivity index (χ0n) is 8.81. The van der Waals surface area contributed by atoms with Crippen molar-refractivity contribution < 1.29 is 17.9 Å². The number of nitrogens with zero attached hydrogens (tertiary/aromatic N) is 5. The first-order valence-electron chi connectivity index (χ1n) is 4.48. The topological polar surface area (TPSA) is 65.7 Å². The highest BCUT2D eigenvalue weighted by Gasteiger charge is 2.32. The van der Waals surface area contributed by atoms with Crippen LogP contribution in [0.4, 0.5) is 13.2 Å². The fourth-order valence-electron chi connectivity index (χ4n) is 1.09. The molecule has 2 rings (SSSR count). The molecule has 0 N–H and O–H groups in total. The highest BCUT2D eigenvalue weighted by atomic mass is 35.5. The van der Waals surface area contributed by atoms with Crippen LogP contribution in [0.5, 0.6) is 6.01 Å². The van der Waals surface area contributed by atoms with Crippen molar-refractivity contribution in [2.75, 3.05) is 7.11 Å². The molecule has 0 bridgehead atoms. The second kappa shape index (κ2) is 4.41. The van der Waals surface area contributed by atoms with Gasteiger partial charge in [0.05, 0.1) is 18.9 Å². The zero-order valence-corrected chi connectivity index (χ0v) is 9.57. The number of alkyl halides is 3. The molecule has 0 amide bonds. The molecule has 0 aliphatic rings. The maximum atomic E-state index is 12.4. The summed E-state index contributed by atoms with van der Waals surface area (Å²) in [6.07, 6.45) is -3.09. The SMILES string of the molecule is COc1nc(Cl)nc(-n2cc(C(F)(F)F)cn2)n1. The van der Waals surface area contributed by atoms with Gasteiger partial charge in [0.1, 0.15) is 0 Å². The van der Waals surface area contributed by atoms with Gasteiger partial charge in [0.25, 0.3) is 5.95 Å². The zero-order chi connectivity index (χ0) is 13.3. The van der Waals surface area contributed by atoms with Crippen LogP contribution < -0.4 is 4.74 Å². The quantitative estimate of drug-likeness (QED) is 0.838. The van der Waals surface area contributed by atoms with Crippen LogP contribution in [-0.2, 0) is 6.18 Å². The van der Waals surface area contributed by atoms with Crippen molar-refractivity contribution in [3.05, 3.63) is 23.2 Å². The van der Waals surface area contributed by atoms with Gasteiger partial charge in [0, 0.05) is 6.20 Å². The molecule has 10 heteroatoms. The van der Waals surface area contributed by atoms with Crippen LogP contribution in [0.15, 0.2) is 12.4 Å². The smallest absolute Gasteiger partial charge is 0.419 e. The molecule has 2 aromatic rings. The number of methoxy groups -OCH3 is 1. The Morgan fingerprint density at radius 2 is 2.00 bits per heavy atom. The molecule has 0 spiro atoms. The van der Waals surface area contributed by atoms with Crippen LogP contribution in [0.1, 0.15) is 5.56 Å². The molecule has 0 aliphatic carbocycles. The molecule has 2 aromatic heterocycles. The molecule has 0 atom stereocenters. The minimum Gasteiger partial charge on any atom is -0.467 e. The highest BCUT2D eigenvalue weighted by molar-refractivity contribution is 6.28. The van der Waals surface area contributed by atoms with E-state index in [1.165, 1.54) is 7.11 Å². The summed E-state index contributed by atoms with van der Waals surface area (Å²) in [5.74, 6) is -0.164. The third-order valence-corrected chi connectivity index (χ3v) is 2.04. The van der Waals surface area contributed by atoms with Crippen LogP contribution in [0.3, 0.4) is 0 Å². The number of hydrogen-bond donors (Lipinski definition) is 0. The predicted octanol–water partition coefficient (Wildman–Crippen LogP) is 1.74. The molecule has 0 saturated carbocycles. The lowest BCUT2D eigenvalue weighted by Crippen LogP contribution is -2.06. The van der Waals surface area contributed by atoms with Gasteiger partial charge in [-0.05, 0) is 11.6 Å². The van der Waals surface area contributed by atoms with Gasteiger partial charge in [-0.3, -0.25) is 0 Å². The summed E-state index contributed by atoms with van der Waals surface area (Å²) in [6, 6.07) is -0.117. The number of hydrogen-bond acceptors (Lipinski definition) is 5. The van der Waals surface area contributed by atoms with E-state index in [0.717, 1.165) is 10.9 Å². The van der Waals surface area contributed by atoms with E-state index in [2.05, 4.69) is 20.1 Å². The number of ether oxygens (including phenoxy) is 1. The Kier molecular flexibility index (Phi) is 3.07. The highest BCUT2D eigenvalue weighted by Crippen LogP contribution is 2.28. The summed E-state index contributed by atoms with van der Waals surface area (Å²) in [7, 11) is 1.29. The van der Waals surface area contributed by atoms with E-state index in [-0.39, 0.29) is 17.2 Å². The van der Waals surface area contributed by atoms with Crippen molar-refractivity contribution in [3.63, 3.8) is 0 Å². The van der Waals surface area contributed by atoms with Crippen molar-refractivity contribution in [3.8, 4) is 12.0 Å². The van der Waals surface area contributed by atoms with Crippen molar-refractivity contribution in [1.29, 1.82) is 0 Å². The fourth-order valence-corrected chi connectivity index (χ4v) is 1.24. The van der Waals surface area contributed by atoms with Gasteiger partial charge in [-0.25, -0.2) is 4.68 Å². The lowest BCUT2D eigenvalue weighted by Gasteiger charge is -2.02. The van der Waals surface area contributed by atoms with Crippen LogP contribution in [0.25, 0.3) is 5.95 Å². The Morgan fingerprint density at radius 1 is 1.28 bits per heavy atom. The first-order chi connectivity index (χ1) is 8.40. The minimum absolute atomic E-state index is 0.117. The normalized spacial score (nSPS) is 11.6. The van der Waals surface area contributed by atoms with E-state index in [1.54, 1.807) is 0 Å². The van der Waals surface area contributed by atoms with E-state index in [1.807, 2.05) is 0 Å². The second-order valence-electron chi connectivity index (χ2n) is 3.06. The maximum absolute atomic E-state index is 12.4. The first-order valence-corrected chi connectivity index (χ1v) is 4.86. The molecule has 0 aromatic carbocycles. The van der Waals surface area contributed by atoms with Crippen molar-refractivity contribution >= 4 is 11.6 Å². The van der Waals surface area contributed by atoms with Gasteiger partial charge in [-0.2, -0.15) is 33.2 Å². The third-order valence-electron chi connectivity index (χ3n) is 1.87. The Hall–Kier alpha value is -1.90. The summed E-state index contributed by atoms with van der Waals surface area (Å²) < 4.78 is 42.7. The Balaban J connectivity index is 2.43. The molecular weight excluding hydrogens is 275 g/mol. The predicted molar refractivity (Wildman–Crippen MR) is 53.5 cm³/mol. The van der Waals surface area contributed by atoms with Gasteiger partial charge < -0.3 is 4.74 Å². The summed E-state index contributed by atoms with van der Waals surface area (Å²) >= 11 is 5.57. The number of aromatic nitrogens is 5. The largest absolute Gasteiger partial charge is 0.467 e. The van der Waals surface area contributed by atoms with Crippen LogP contribution in [0.2, 0.25) is 5.28 Å². The monoisotopic (exact) mass is 279 g/mol. The molecule has 0 fully saturated rings. The van der Waals surface area contributed by atoms with Crippen molar-refractivity contribution in [2.45, 2.75) is 6.18 Å². The molecule has 2 heterocycles. The maximum Gasteiger partial charge on any atom is 0.419 e. The summed E-state index contributed by atoms with van der Waals surface area (Å²) in [5, 5.41) is 3.29. The van der Waals surface area contributed by atoms with Crippen molar-refractivity contribution in [2.24, 2.45) is 0 Å². The number of halogens is 4. The Morgan fingerprint density at radius 3 is 2.56 bits per heavy atom. The van der Waals surface area contributed by atoms with Gasteiger partial charge in [-0.1, -0.05) is 0 Å². The first kappa shape index (κ1) is 12.6. The van der Waals surface area contributed by atoms with Gasteiger partial charge in [0.15, 0.2) is 0 Å². The van der Waals surface area contributed by atoms with Crippen LogP contribution in [-0.4, -0.2) is 31.8 Å². The molecule has 0 radical (unpaired) electrons. The lowest BCUT2D eigenvalue weighted by molar-refractivity contribution is -0.137. The molecule has 6 nitrogen and oxygen atoms in total. The third kappa shape index (κ3) is 2.50. The molecule has 18 heavy (non-hydrogen) atoms. The number of rotatable bonds is 2. The van der Waals surface area contributed by atoms with E-state index in [9.17, 15) is 13.2 Å².